The van der Waals surface area contributed by atoms with Crippen LogP contribution in [0.5, 0.6) is 11.5 Å². The van der Waals surface area contributed by atoms with Gasteiger partial charge in [0.25, 0.3) is 0 Å². The molecule has 8 nitrogen and oxygen atoms in total. The number of aliphatic hydroxyl groups excluding tert-OH is 1. The van der Waals surface area contributed by atoms with Crippen molar-refractivity contribution in [1.82, 2.24) is 14.7 Å². The monoisotopic (exact) mass is 409 g/mol. The zero-order chi connectivity index (χ0) is 21.2. The summed E-state index contributed by atoms with van der Waals surface area (Å²) in [6.45, 7) is 5.63. The first-order valence-corrected chi connectivity index (χ1v) is 10.0. The summed E-state index contributed by atoms with van der Waals surface area (Å²) in [5.74, 6) is 0.930. The van der Waals surface area contributed by atoms with Crippen LogP contribution in [0.1, 0.15) is 12.0 Å². The highest BCUT2D eigenvalue weighted by Crippen LogP contribution is 2.28. The fourth-order valence-electron chi connectivity index (χ4n) is 3.40. The van der Waals surface area contributed by atoms with E-state index in [9.17, 15) is 9.90 Å². The molecule has 1 aliphatic rings. The van der Waals surface area contributed by atoms with Crippen LogP contribution < -0.4 is 9.47 Å². The van der Waals surface area contributed by atoms with E-state index < -0.39 is 6.10 Å². The molecule has 2 rings (SSSR count). The number of esters is 1. The second kappa shape index (κ2) is 12.0. The molecule has 1 aromatic rings. The molecular weight excluding hydrogens is 374 g/mol. The van der Waals surface area contributed by atoms with E-state index in [1.54, 1.807) is 7.11 Å². The van der Waals surface area contributed by atoms with Crippen molar-refractivity contribution in [2.45, 2.75) is 19.1 Å². The molecule has 0 radical (unpaired) electrons. The molecule has 1 atom stereocenters. The first-order chi connectivity index (χ1) is 13.9. The summed E-state index contributed by atoms with van der Waals surface area (Å²) in [7, 11) is 6.95. The number of benzene rings is 1. The predicted molar refractivity (Wildman–Crippen MR) is 111 cm³/mol. The Labute approximate surface area is 173 Å². The number of β-amino-alcohol motifs (C(OH)–C–C–N with tert-alkyl or cyclic N) is 1. The minimum Gasteiger partial charge on any atom is -0.493 e. The van der Waals surface area contributed by atoms with Gasteiger partial charge in [0.2, 0.25) is 0 Å². The van der Waals surface area contributed by atoms with Crippen molar-refractivity contribution < 1.29 is 24.1 Å². The molecule has 1 unspecified atom stereocenters. The molecule has 0 bridgehead atoms. The molecule has 1 saturated heterocycles. The van der Waals surface area contributed by atoms with Crippen LogP contribution in [0.3, 0.4) is 0 Å². The number of likely N-dealkylation sites (N-methyl/N-ethyl adjacent to an activating group) is 2. The number of methoxy groups -OCH3 is 2. The third kappa shape index (κ3) is 8.18. The van der Waals surface area contributed by atoms with Gasteiger partial charge in [0, 0.05) is 26.2 Å². The lowest BCUT2D eigenvalue weighted by Crippen LogP contribution is -2.37. The average Bonchev–Trinajstić information content (AvgIpc) is 2.90. The molecule has 164 valence electrons. The molecule has 8 heteroatoms. The summed E-state index contributed by atoms with van der Waals surface area (Å²) in [6, 6.07) is 5.66. The molecule has 1 aliphatic heterocycles. The highest BCUT2D eigenvalue weighted by molar-refractivity contribution is 5.71. The molecule has 1 aromatic carbocycles. The SMILES string of the molecule is COC(=O)CN(C)Cc1ccc(OC)c(OCC(O)CN2CCCN(C)CC2)c1. The number of ether oxygens (including phenoxy) is 3. The highest BCUT2D eigenvalue weighted by atomic mass is 16.5. The van der Waals surface area contributed by atoms with Crippen molar-refractivity contribution in [3.63, 3.8) is 0 Å². The summed E-state index contributed by atoms with van der Waals surface area (Å²) in [5, 5.41) is 10.4. The van der Waals surface area contributed by atoms with Crippen LogP contribution in [0.15, 0.2) is 18.2 Å². The Kier molecular flexibility index (Phi) is 9.66. The zero-order valence-corrected chi connectivity index (χ0v) is 18.1. The van der Waals surface area contributed by atoms with Gasteiger partial charge in [-0.05, 0) is 51.3 Å². The first-order valence-electron chi connectivity index (χ1n) is 10.0. The van der Waals surface area contributed by atoms with Crippen molar-refractivity contribution >= 4 is 5.97 Å². The van der Waals surface area contributed by atoms with E-state index in [0.717, 1.165) is 38.2 Å². The van der Waals surface area contributed by atoms with Crippen LogP contribution in [0.4, 0.5) is 0 Å². The van der Waals surface area contributed by atoms with Crippen molar-refractivity contribution in [1.29, 1.82) is 0 Å². The van der Waals surface area contributed by atoms with Gasteiger partial charge in [-0.15, -0.1) is 0 Å². The normalized spacial score (nSPS) is 17.0. The third-order valence-electron chi connectivity index (χ3n) is 5.02. The van der Waals surface area contributed by atoms with Crippen LogP contribution in [0, 0.1) is 0 Å². The van der Waals surface area contributed by atoms with Gasteiger partial charge in [-0.2, -0.15) is 0 Å². The molecule has 0 aliphatic carbocycles. The molecule has 0 saturated carbocycles. The topological polar surface area (TPSA) is 74.7 Å². The zero-order valence-electron chi connectivity index (χ0n) is 18.1. The number of rotatable bonds is 10. The van der Waals surface area contributed by atoms with Crippen LogP contribution >= 0.6 is 0 Å². The van der Waals surface area contributed by atoms with Crippen LogP contribution in [0.2, 0.25) is 0 Å². The summed E-state index contributed by atoms with van der Waals surface area (Å²) >= 11 is 0. The van der Waals surface area contributed by atoms with Crippen LogP contribution in [0.25, 0.3) is 0 Å². The van der Waals surface area contributed by atoms with Crippen molar-refractivity contribution in [2.24, 2.45) is 0 Å². The summed E-state index contributed by atoms with van der Waals surface area (Å²) < 4.78 is 16.0. The van der Waals surface area contributed by atoms with E-state index in [4.69, 9.17) is 14.2 Å². The number of carbonyl (C=O) groups is 1. The number of aliphatic hydroxyl groups is 1. The van der Waals surface area contributed by atoms with E-state index in [0.29, 0.717) is 24.6 Å². The van der Waals surface area contributed by atoms with E-state index in [1.807, 2.05) is 30.1 Å². The molecule has 0 spiro atoms. The minimum absolute atomic E-state index is 0.199. The van der Waals surface area contributed by atoms with Gasteiger partial charge in [-0.1, -0.05) is 6.07 Å². The lowest BCUT2D eigenvalue weighted by Gasteiger charge is -2.24. The standard InChI is InChI=1S/C21H35N3O5/c1-22-8-5-9-24(11-10-22)14-18(25)16-29-20-12-17(6-7-19(20)27-3)13-23(2)15-21(26)28-4/h6-7,12,18,25H,5,8-11,13-16H2,1-4H3. The summed E-state index contributed by atoms with van der Waals surface area (Å²) in [5.41, 5.74) is 0.984. The molecule has 0 aromatic heterocycles. The number of hydrogen-bond donors (Lipinski definition) is 1. The smallest absolute Gasteiger partial charge is 0.319 e. The number of nitrogens with zero attached hydrogens (tertiary/aromatic N) is 3. The molecule has 1 fully saturated rings. The average molecular weight is 410 g/mol. The molecule has 0 amide bonds. The van der Waals surface area contributed by atoms with Crippen molar-refractivity contribution in [3.05, 3.63) is 23.8 Å². The second-order valence-corrected chi connectivity index (χ2v) is 7.66. The summed E-state index contributed by atoms with van der Waals surface area (Å²) in [6.07, 6.45) is 0.535. The number of carbonyl (C=O) groups excluding carboxylic acids is 1. The Bertz CT molecular complexity index is 643. The lowest BCUT2D eigenvalue weighted by molar-refractivity contribution is -0.141. The van der Waals surface area contributed by atoms with Gasteiger partial charge >= 0.3 is 5.97 Å². The predicted octanol–water partition coefficient (Wildman–Crippen LogP) is 0.677. The molecule has 1 heterocycles. The highest BCUT2D eigenvalue weighted by Gasteiger charge is 2.17. The largest absolute Gasteiger partial charge is 0.493 e. The maximum Gasteiger partial charge on any atom is 0.319 e. The number of hydrogen-bond acceptors (Lipinski definition) is 8. The Balaban J connectivity index is 1.90. The Morgan fingerprint density at radius 2 is 2.00 bits per heavy atom. The lowest BCUT2D eigenvalue weighted by atomic mass is 10.2. The molecule has 29 heavy (non-hydrogen) atoms. The maximum atomic E-state index is 11.4. The van der Waals surface area contributed by atoms with Gasteiger partial charge in [0.1, 0.15) is 12.7 Å². The fourth-order valence-corrected chi connectivity index (χ4v) is 3.40. The van der Waals surface area contributed by atoms with E-state index in [2.05, 4.69) is 16.8 Å². The van der Waals surface area contributed by atoms with Gasteiger partial charge in [0.05, 0.1) is 20.8 Å². The van der Waals surface area contributed by atoms with Gasteiger partial charge in [0.15, 0.2) is 11.5 Å². The van der Waals surface area contributed by atoms with Gasteiger partial charge in [-0.25, -0.2) is 0 Å². The molecular formula is C21H35N3O5. The summed E-state index contributed by atoms with van der Waals surface area (Å²) in [4.78, 5) is 17.9. The Hall–Kier alpha value is -1.87. The van der Waals surface area contributed by atoms with E-state index in [-0.39, 0.29) is 19.1 Å². The fraction of sp³-hybridized carbons (Fsp3) is 0.667. The quantitative estimate of drug-likeness (QED) is 0.566. The van der Waals surface area contributed by atoms with E-state index >= 15 is 0 Å². The Morgan fingerprint density at radius 1 is 1.21 bits per heavy atom. The third-order valence-corrected chi connectivity index (χ3v) is 5.02. The Morgan fingerprint density at radius 3 is 2.72 bits per heavy atom. The van der Waals surface area contributed by atoms with E-state index in [1.165, 1.54) is 7.11 Å². The molecule has 1 N–H and O–H groups in total. The van der Waals surface area contributed by atoms with Gasteiger partial charge < -0.3 is 24.2 Å². The first kappa shape index (κ1) is 23.4. The van der Waals surface area contributed by atoms with Gasteiger partial charge in [-0.3, -0.25) is 14.6 Å². The maximum absolute atomic E-state index is 11.4. The minimum atomic E-state index is -0.575. The van der Waals surface area contributed by atoms with Crippen LogP contribution in [-0.2, 0) is 16.1 Å². The second-order valence-electron chi connectivity index (χ2n) is 7.66. The van der Waals surface area contributed by atoms with Crippen LogP contribution in [-0.4, -0.2) is 106 Å². The van der Waals surface area contributed by atoms with Crippen molar-refractivity contribution in [3.8, 4) is 11.5 Å². The van der Waals surface area contributed by atoms with Crippen molar-refractivity contribution in [2.75, 3.05) is 74.2 Å².